The quantitative estimate of drug-likeness (QED) is 0.776. The lowest BCUT2D eigenvalue weighted by molar-refractivity contribution is -0.121. The fourth-order valence-corrected chi connectivity index (χ4v) is 2.39. The third kappa shape index (κ3) is 8.82. The van der Waals surface area contributed by atoms with Crippen LogP contribution in [0, 0.1) is 0 Å². The molecule has 1 atom stereocenters. The molecular formula is C16H29NO2. The zero-order valence-corrected chi connectivity index (χ0v) is 12.3. The summed E-state index contributed by atoms with van der Waals surface area (Å²) in [6.07, 6.45) is 14.5. The van der Waals surface area contributed by atoms with E-state index in [0.29, 0.717) is 25.7 Å². The van der Waals surface area contributed by atoms with Gasteiger partial charge in [-0.1, -0.05) is 31.9 Å². The molecule has 110 valence electrons. The molecule has 0 aromatic heterocycles. The number of ether oxygens (including phenoxy) is 1. The maximum absolute atomic E-state index is 11.5. The number of rotatable bonds is 2. The molecule has 3 nitrogen and oxygen atoms in total. The summed E-state index contributed by atoms with van der Waals surface area (Å²) in [7, 11) is 0. The highest BCUT2D eigenvalue weighted by molar-refractivity contribution is 5.75. The maximum Gasteiger partial charge on any atom is 0.220 e. The monoisotopic (exact) mass is 267 g/mol. The third-order valence-electron chi connectivity index (χ3n) is 3.48. The Labute approximate surface area is 117 Å². The number of amides is 1. The number of allylic oxidation sites excluding steroid dienone is 2. The van der Waals surface area contributed by atoms with Crippen molar-refractivity contribution >= 4 is 5.91 Å². The summed E-state index contributed by atoms with van der Waals surface area (Å²) in [5.41, 5.74) is 0. The van der Waals surface area contributed by atoms with Gasteiger partial charge < -0.3 is 10.1 Å². The van der Waals surface area contributed by atoms with Gasteiger partial charge in [0.15, 0.2) is 0 Å². The second-order valence-corrected chi connectivity index (χ2v) is 5.28. The molecule has 1 amide bonds. The first kappa shape index (κ1) is 16.2. The molecule has 19 heavy (non-hydrogen) atoms. The summed E-state index contributed by atoms with van der Waals surface area (Å²) >= 11 is 0. The zero-order chi connectivity index (χ0) is 13.8. The smallest absolute Gasteiger partial charge is 0.220 e. The van der Waals surface area contributed by atoms with Crippen LogP contribution in [-0.2, 0) is 9.53 Å². The summed E-state index contributed by atoms with van der Waals surface area (Å²) in [4.78, 5) is 11.5. The predicted octanol–water partition coefficient (Wildman–Crippen LogP) is 3.59. The van der Waals surface area contributed by atoms with Gasteiger partial charge in [-0.25, -0.2) is 0 Å². The number of carbonyl (C=O) groups excluding carboxylic acids is 1. The van der Waals surface area contributed by atoms with Crippen molar-refractivity contribution in [1.82, 2.24) is 5.32 Å². The average Bonchev–Trinajstić information content (AvgIpc) is 2.41. The molecule has 0 aromatic rings. The van der Waals surface area contributed by atoms with Crippen LogP contribution in [0.15, 0.2) is 12.2 Å². The molecule has 3 heteroatoms. The van der Waals surface area contributed by atoms with E-state index in [-0.39, 0.29) is 5.91 Å². The number of hydrogen-bond donors (Lipinski definition) is 1. The standard InChI is InChI=1S/C16H29NO2/c1-2-10-15-11-8-6-4-3-5-7-9-12-16(18)17-13-14-19-15/h3,5,15H,2,4,6-14H2,1H3,(H,17,18)/b5-3-. The Hall–Kier alpha value is -0.830. The Kier molecular flexibility index (Phi) is 9.42. The summed E-state index contributed by atoms with van der Waals surface area (Å²) in [5.74, 6) is 0.152. The van der Waals surface area contributed by atoms with E-state index in [9.17, 15) is 4.79 Å². The van der Waals surface area contributed by atoms with Gasteiger partial charge in [0, 0.05) is 13.0 Å². The molecule has 1 N–H and O–H groups in total. The highest BCUT2D eigenvalue weighted by Crippen LogP contribution is 2.12. The van der Waals surface area contributed by atoms with Crippen molar-refractivity contribution in [3.63, 3.8) is 0 Å². The van der Waals surface area contributed by atoms with Gasteiger partial charge in [0.2, 0.25) is 5.91 Å². The molecular weight excluding hydrogens is 238 g/mol. The Morgan fingerprint density at radius 1 is 1.26 bits per heavy atom. The molecule has 0 aliphatic carbocycles. The van der Waals surface area contributed by atoms with Gasteiger partial charge in [0.1, 0.15) is 0 Å². The van der Waals surface area contributed by atoms with E-state index in [4.69, 9.17) is 4.74 Å². The van der Waals surface area contributed by atoms with Crippen molar-refractivity contribution in [2.75, 3.05) is 13.2 Å². The molecule has 0 spiro atoms. The van der Waals surface area contributed by atoms with Gasteiger partial charge >= 0.3 is 0 Å². The van der Waals surface area contributed by atoms with Crippen molar-refractivity contribution in [2.45, 2.75) is 70.8 Å². The highest BCUT2D eigenvalue weighted by atomic mass is 16.5. The highest BCUT2D eigenvalue weighted by Gasteiger charge is 2.08. The van der Waals surface area contributed by atoms with Crippen LogP contribution in [-0.4, -0.2) is 25.2 Å². The van der Waals surface area contributed by atoms with Crippen molar-refractivity contribution in [1.29, 1.82) is 0 Å². The average molecular weight is 267 g/mol. The van der Waals surface area contributed by atoms with Crippen LogP contribution in [0.1, 0.15) is 64.7 Å². The fraction of sp³-hybridized carbons (Fsp3) is 0.812. The van der Waals surface area contributed by atoms with Crippen LogP contribution in [0.5, 0.6) is 0 Å². The van der Waals surface area contributed by atoms with Crippen molar-refractivity contribution < 1.29 is 9.53 Å². The van der Waals surface area contributed by atoms with Crippen molar-refractivity contribution in [3.8, 4) is 0 Å². The minimum Gasteiger partial charge on any atom is -0.376 e. The Morgan fingerprint density at radius 2 is 2.05 bits per heavy atom. The molecule has 0 bridgehead atoms. The molecule has 0 radical (unpaired) electrons. The minimum absolute atomic E-state index is 0.152. The normalized spacial score (nSPS) is 25.9. The first-order chi connectivity index (χ1) is 9.33. The van der Waals surface area contributed by atoms with Crippen molar-refractivity contribution in [3.05, 3.63) is 12.2 Å². The van der Waals surface area contributed by atoms with E-state index in [1.165, 1.54) is 12.8 Å². The van der Waals surface area contributed by atoms with E-state index in [2.05, 4.69) is 24.4 Å². The lowest BCUT2D eigenvalue weighted by Gasteiger charge is -2.17. The summed E-state index contributed by atoms with van der Waals surface area (Å²) < 4.78 is 5.87. The zero-order valence-electron chi connectivity index (χ0n) is 12.3. The van der Waals surface area contributed by atoms with Gasteiger partial charge in [-0.2, -0.15) is 0 Å². The minimum atomic E-state index is 0.152. The summed E-state index contributed by atoms with van der Waals surface area (Å²) in [6.45, 7) is 3.49. The first-order valence-electron chi connectivity index (χ1n) is 7.86. The van der Waals surface area contributed by atoms with E-state index in [0.717, 1.165) is 38.5 Å². The Morgan fingerprint density at radius 3 is 2.84 bits per heavy atom. The molecule has 0 aromatic carbocycles. The second-order valence-electron chi connectivity index (χ2n) is 5.28. The first-order valence-corrected chi connectivity index (χ1v) is 7.86. The fourth-order valence-electron chi connectivity index (χ4n) is 2.39. The number of hydrogen-bond acceptors (Lipinski definition) is 2. The van der Waals surface area contributed by atoms with E-state index >= 15 is 0 Å². The molecule has 1 heterocycles. The third-order valence-corrected chi connectivity index (χ3v) is 3.48. The van der Waals surface area contributed by atoms with Crippen LogP contribution in [0.4, 0.5) is 0 Å². The summed E-state index contributed by atoms with van der Waals surface area (Å²) in [6, 6.07) is 0. The predicted molar refractivity (Wildman–Crippen MR) is 79.1 cm³/mol. The molecule has 0 fully saturated rings. The Bertz CT molecular complexity index is 263. The summed E-state index contributed by atoms with van der Waals surface area (Å²) in [5, 5.41) is 2.93. The number of nitrogens with one attached hydrogen (secondary N) is 1. The van der Waals surface area contributed by atoms with Crippen molar-refractivity contribution in [2.24, 2.45) is 0 Å². The van der Waals surface area contributed by atoms with E-state index in [1.807, 2.05) is 0 Å². The maximum atomic E-state index is 11.5. The molecule has 1 rings (SSSR count). The lowest BCUT2D eigenvalue weighted by atomic mass is 10.1. The van der Waals surface area contributed by atoms with Gasteiger partial charge in [-0.05, 0) is 38.5 Å². The molecule has 1 unspecified atom stereocenters. The van der Waals surface area contributed by atoms with Gasteiger partial charge in [-0.3, -0.25) is 4.79 Å². The van der Waals surface area contributed by atoms with Gasteiger partial charge in [0.25, 0.3) is 0 Å². The van der Waals surface area contributed by atoms with Crippen LogP contribution >= 0.6 is 0 Å². The number of carbonyl (C=O) groups is 1. The van der Waals surface area contributed by atoms with E-state index in [1.54, 1.807) is 0 Å². The van der Waals surface area contributed by atoms with Gasteiger partial charge in [-0.15, -0.1) is 0 Å². The topological polar surface area (TPSA) is 38.3 Å². The molecule has 1 aliphatic rings. The van der Waals surface area contributed by atoms with Crippen LogP contribution in [0.3, 0.4) is 0 Å². The van der Waals surface area contributed by atoms with Crippen LogP contribution < -0.4 is 5.32 Å². The van der Waals surface area contributed by atoms with Gasteiger partial charge in [0.05, 0.1) is 12.7 Å². The lowest BCUT2D eigenvalue weighted by Crippen LogP contribution is -2.28. The molecule has 1 aliphatic heterocycles. The SMILES string of the molecule is CCCC1CCCC/C=C\CCCC(=O)NCCO1. The molecule has 0 saturated carbocycles. The Balaban J connectivity index is 2.35. The molecule has 0 saturated heterocycles. The van der Waals surface area contributed by atoms with Crippen LogP contribution in [0.25, 0.3) is 0 Å². The second kappa shape index (κ2) is 11.0. The van der Waals surface area contributed by atoms with E-state index < -0.39 is 0 Å². The largest absolute Gasteiger partial charge is 0.376 e. The van der Waals surface area contributed by atoms with Crippen LogP contribution in [0.2, 0.25) is 0 Å².